The minimum atomic E-state index is 0.302. The van der Waals surface area contributed by atoms with Gasteiger partial charge in [-0.1, -0.05) is 35.4 Å². The molecule has 0 spiro atoms. The number of carbonyl (C=O) groups is 1. The predicted molar refractivity (Wildman–Crippen MR) is 67.4 cm³/mol. The van der Waals surface area contributed by atoms with E-state index in [0.29, 0.717) is 5.91 Å². The molecular weight excluding hydrogens is 198 g/mol. The van der Waals surface area contributed by atoms with Gasteiger partial charge in [0.15, 0.2) is 0 Å². The van der Waals surface area contributed by atoms with Crippen LogP contribution in [0.4, 0.5) is 0 Å². The molecule has 88 valence electrons. The van der Waals surface area contributed by atoms with Crippen molar-refractivity contribution in [2.75, 3.05) is 13.6 Å². The molecule has 1 aromatic carbocycles. The average molecular weight is 219 g/mol. The van der Waals surface area contributed by atoms with E-state index < -0.39 is 0 Å². The maximum atomic E-state index is 10.7. The number of benzene rings is 1. The summed E-state index contributed by atoms with van der Waals surface area (Å²) in [6, 6.07) is 8.48. The van der Waals surface area contributed by atoms with E-state index in [1.165, 1.54) is 17.5 Å². The third-order valence-electron chi connectivity index (χ3n) is 2.78. The third-order valence-corrected chi connectivity index (χ3v) is 2.78. The zero-order valence-electron chi connectivity index (χ0n) is 10.5. The van der Waals surface area contributed by atoms with Gasteiger partial charge in [0, 0.05) is 20.0 Å². The molecule has 2 rings (SSSR count). The molecule has 0 unspecified atom stereocenters. The lowest BCUT2D eigenvalue weighted by Crippen LogP contribution is -2.31. The number of rotatable bonds is 0. The van der Waals surface area contributed by atoms with E-state index in [0.717, 1.165) is 19.4 Å². The standard InChI is InChI=1S/C8H10.C6H11NO/c1-7-3-5-8(2)6-4-7;1-7-5-3-2-4-6(7)8/h3-6H,1-2H3;2-5H2,1H3. The van der Waals surface area contributed by atoms with Gasteiger partial charge in [-0.25, -0.2) is 0 Å². The second kappa shape index (κ2) is 6.31. The van der Waals surface area contributed by atoms with Crippen molar-refractivity contribution in [3.8, 4) is 0 Å². The lowest BCUT2D eigenvalue weighted by molar-refractivity contribution is -0.131. The van der Waals surface area contributed by atoms with E-state index >= 15 is 0 Å². The van der Waals surface area contributed by atoms with Crippen molar-refractivity contribution >= 4 is 5.91 Å². The molecular formula is C14H21NO. The predicted octanol–water partition coefficient (Wildman–Crippen LogP) is 2.93. The van der Waals surface area contributed by atoms with Gasteiger partial charge in [-0.15, -0.1) is 0 Å². The first-order valence-corrected chi connectivity index (χ1v) is 5.87. The summed E-state index contributed by atoms with van der Waals surface area (Å²) in [5.74, 6) is 0.302. The Labute approximate surface area is 98.3 Å². The van der Waals surface area contributed by atoms with Gasteiger partial charge in [-0.2, -0.15) is 0 Å². The van der Waals surface area contributed by atoms with Crippen molar-refractivity contribution in [3.63, 3.8) is 0 Å². The largest absolute Gasteiger partial charge is 0.346 e. The second-order valence-corrected chi connectivity index (χ2v) is 4.43. The lowest BCUT2D eigenvalue weighted by Gasteiger charge is -2.21. The zero-order valence-corrected chi connectivity index (χ0v) is 10.5. The van der Waals surface area contributed by atoms with E-state index in [1.54, 1.807) is 4.90 Å². The molecule has 2 nitrogen and oxygen atoms in total. The summed E-state index contributed by atoms with van der Waals surface area (Å²) in [5.41, 5.74) is 2.66. The molecule has 0 aliphatic carbocycles. The summed E-state index contributed by atoms with van der Waals surface area (Å²) < 4.78 is 0. The fourth-order valence-corrected chi connectivity index (χ4v) is 1.58. The first kappa shape index (κ1) is 12.8. The highest BCUT2D eigenvalue weighted by molar-refractivity contribution is 5.76. The molecule has 1 aliphatic rings. The number of hydrogen-bond donors (Lipinski definition) is 0. The van der Waals surface area contributed by atoms with Crippen LogP contribution in [0.3, 0.4) is 0 Å². The van der Waals surface area contributed by atoms with Crippen molar-refractivity contribution in [1.82, 2.24) is 4.90 Å². The van der Waals surface area contributed by atoms with Crippen molar-refractivity contribution in [2.24, 2.45) is 0 Å². The fraction of sp³-hybridized carbons (Fsp3) is 0.500. The van der Waals surface area contributed by atoms with Crippen LogP contribution in [0.5, 0.6) is 0 Å². The Morgan fingerprint density at radius 1 is 1.00 bits per heavy atom. The first-order valence-electron chi connectivity index (χ1n) is 5.87. The van der Waals surface area contributed by atoms with E-state index in [2.05, 4.69) is 38.1 Å². The van der Waals surface area contributed by atoms with Crippen molar-refractivity contribution in [1.29, 1.82) is 0 Å². The molecule has 1 heterocycles. The van der Waals surface area contributed by atoms with Crippen LogP contribution in [0.1, 0.15) is 30.4 Å². The normalized spacial score (nSPS) is 15.4. The number of hydrogen-bond acceptors (Lipinski definition) is 1. The molecule has 1 saturated heterocycles. The summed E-state index contributed by atoms with van der Waals surface area (Å²) in [7, 11) is 1.86. The quantitative estimate of drug-likeness (QED) is 0.657. The second-order valence-electron chi connectivity index (χ2n) is 4.43. The van der Waals surface area contributed by atoms with Crippen LogP contribution in [0, 0.1) is 13.8 Å². The molecule has 0 N–H and O–H groups in total. The Bertz CT molecular complexity index is 308. The van der Waals surface area contributed by atoms with Crippen LogP contribution in [-0.2, 0) is 4.79 Å². The topological polar surface area (TPSA) is 20.3 Å². The van der Waals surface area contributed by atoms with Gasteiger partial charge >= 0.3 is 0 Å². The van der Waals surface area contributed by atoms with Gasteiger partial charge in [-0.05, 0) is 26.7 Å². The number of piperidine rings is 1. The number of amides is 1. The van der Waals surface area contributed by atoms with Gasteiger partial charge in [0.1, 0.15) is 0 Å². The summed E-state index contributed by atoms with van der Waals surface area (Å²) in [6.07, 6.45) is 3.03. The Morgan fingerprint density at radius 3 is 1.81 bits per heavy atom. The Balaban J connectivity index is 0.000000160. The SMILES string of the molecule is CN1CCCCC1=O.Cc1ccc(C)cc1. The van der Waals surface area contributed by atoms with E-state index in [1.807, 2.05) is 7.05 Å². The smallest absolute Gasteiger partial charge is 0.222 e. The van der Waals surface area contributed by atoms with Crippen LogP contribution in [0.25, 0.3) is 0 Å². The van der Waals surface area contributed by atoms with Crippen molar-refractivity contribution in [2.45, 2.75) is 33.1 Å². The third kappa shape index (κ3) is 4.47. The minimum Gasteiger partial charge on any atom is -0.346 e. The fourth-order valence-electron chi connectivity index (χ4n) is 1.58. The molecule has 2 heteroatoms. The van der Waals surface area contributed by atoms with Crippen LogP contribution >= 0.6 is 0 Å². The summed E-state index contributed by atoms with van der Waals surface area (Å²) in [4.78, 5) is 12.5. The van der Waals surface area contributed by atoms with E-state index in [9.17, 15) is 4.79 Å². The van der Waals surface area contributed by atoms with Crippen LogP contribution in [0.2, 0.25) is 0 Å². The van der Waals surface area contributed by atoms with Crippen molar-refractivity contribution < 1.29 is 4.79 Å². The molecule has 0 bridgehead atoms. The highest BCUT2D eigenvalue weighted by Gasteiger charge is 2.12. The summed E-state index contributed by atoms with van der Waals surface area (Å²) in [5, 5.41) is 0. The monoisotopic (exact) mass is 219 g/mol. The van der Waals surface area contributed by atoms with E-state index in [4.69, 9.17) is 0 Å². The van der Waals surface area contributed by atoms with Crippen LogP contribution in [0.15, 0.2) is 24.3 Å². The number of carbonyl (C=O) groups excluding carboxylic acids is 1. The van der Waals surface area contributed by atoms with Crippen LogP contribution in [-0.4, -0.2) is 24.4 Å². The molecule has 0 radical (unpaired) electrons. The Hall–Kier alpha value is -1.31. The first-order chi connectivity index (χ1) is 7.59. The van der Waals surface area contributed by atoms with Crippen molar-refractivity contribution in [3.05, 3.63) is 35.4 Å². The molecule has 16 heavy (non-hydrogen) atoms. The molecule has 0 atom stereocenters. The van der Waals surface area contributed by atoms with Crippen LogP contribution < -0.4 is 0 Å². The van der Waals surface area contributed by atoms with Gasteiger partial charge in [0.25, 0.3) is 0 Å². The molecule has 1 aliphatic heterocycles. The zero-order chi connectivity index (χ0) is 12.0. The Kier molecular flexibility index (Phi) is 5.03. The summed E-state index contributed by atoms with van der Waals surface area (Å²) >= 11 is 0. The lowest BCUT2D eigenvalue weighted by atomic mass is 10.1. The van der Waals surface area contributed by atoms with Gasteiger partial charge in [0.2, 0.25) is 5.91 Å². The summed E-state index contributed by atoms with van der Waals surface area (Å²) in [6.45, 7) is 5.15. The van der Waals surface area contributed by atoms with Gasteiger partial charge < -0.3 is 4.90 Å². The maximum Gasteiger partial charge on any atom is 0.222 e. The number of aryl methyl sites for hydroxylation is 2. The number of nitrogens with zero attached hydrogens (tertiary/aromatic N) is 1. The average Bonchev–Trinajstić information content (AvgIpc) is 2.28. The maximum absolute atomic E-state index is 10.7. The Morgan fingerprint density at radius 2 is 1.50 bits per heavy atom. The molecule has 0 saturated carbocycles. The highest BCUT2D eigenvalue weighted by Crippen LogP contribution is 2.06. The molecule has 1 aromatic rings. The molecule has 1 fully saturated rings. The van der Waals surface area contributed by atoms with Gasteiger partial charge in [-0.3, -0.25) is 4.79 Å². The highest BCUT2D eigenvalue weighted by atomic mass is 16.2. The van der Waals surface area contributed by atoms with E-state index in [-0.39, 0.29) is 0 Å². The minimum absolute atomic E-state index is 0.302. The number of likely N-dealkylation sites (tertiary alicyclic amines) is 1. The molecule has 1 amide bonds. The van der Waals surface area contributed by atoms with Gasteiger partial charge in [0.05, 0.1) is 0 Å². The molecule has 0 aromatic heterocycles.